The van der Waals surface area contributed by atoms with Crippen molar-refractivity contribution in [1.29, 1.82) is 0 Å². The normalized spacial score (nSPS) is 27.9. The molecule has 2 aliphatic heterocycles. The SMILES string of the molecule is CN(CC(=O)Nc1ccccc1F)C1CC2CCC(C1)N2. The first-order valence-electron chi connectivity index (χ1n) is 7.62. The zero-order chi connectivity index (χ0) is 14.8. The van der Waals surface area contributed by atoms with Crippen LogP contribution in [-0.2, 0) is 4.79 Å². The molecule has 2 bridgehead atoms. The summed E-state index contributed by atoms with van der Waals surface area (Å²) >= 11 is 0. The van der Waals surface area contributed by atoms with Gasteiger partial charge in [-0.05, 0) is 44.9 Å². The third-order valence-electron chi connectivity index (χ3n) is 4.61. The van der Waals surface area contributed by atoms with Crippen molar-refractivity contribution in [2.75, 3.05) is 18.9 Å². The Morgan fingerprint density at radius 1 is 1.33 bits per heavy atom. The number of rotatable bonds is 4. The van der Waals surface area contributed by atoms with E-state index in [1.807, 2.05) is 7.05 Å². The largest absolute Gasteiger partial charge is 0.322 e. The highest BCUT2D eigenvalue weighted by Gasteiger charge is 2.35. The van der Waals surface area contributed by atoms with Crippen LogP contribution in [0.5, 0.6) is 0 Å². The molecular weight excluding hydrogens is 269 g/mol. The van der Waals surface area contributed by atoms with E-state index in [-0.39, 0.29) is 11.6 Å². The summed E-state index contributed by atoms with van der Waals surface area (Å²) in [6, 6.07) is 7.91. The molecule has 2 N–H and O–H groups in total. The minimum absolute atomic E-state index is 0.159. The minimum atomic E-state index is -0.395. The van der Waals surface area contributed by atoms with Gasteiger partial charge < -0.3 is 10.6 Å². The number of piperidine rings is 1. The van der Waals surface area contributed by atoms with Crippen LogP contribution in [0.2, 0.25) is 0 Å². The Labute approximate surface area is 124 Å². The van der Waals surface area contributed by atoms with Crippen molar-refractivity contribution in [2.24, 2.45) is 0 Å². The number of fused-ring (bicyclic) bond motifs is 2. The molecule has 1 aromatic carbocycles. The predicted octanol–water partition coefficient (Wildman–Crippen LogP) is 1.98. The van der Waals surface area contributed by atoms with Crippen LogP contribution in [0.3, 0.4) is 0 Å². The topological polar surface area (TPSA) is 44.4 Å². The summed E-state index contributed by atoms with van der Waals surface area (Å²) in [6.45, 7) is 0.304. The molecule has 2 atom stereocenters. The maximum atomic E-state index is 13.5. The second-order valence-electron chi connectivity index (χ2n) is 6.21. The fraction of sp³-hybridized carbons (Fsp3) is 0.562. The Balaban J connectivity index is 1.54. The zero-order valence-electron chi connectivity index (χ0n) is 12.3. The smallest absolute Gasteiger partial charge is 0.238 e. The van der Waals surface area contributed by atoms with Gasteiger partial charge in [-0.25, -0.2) is 4.39 Å². The highest BCUT2D eigenvalue weighted by molar-refractivity contribution is 5.92. The average Bonchev–Trinajstić information content (AvgIpc) is 2.80. The second-order valence-corrected chi connectivity index (χ2v) is 6.21. The van der Waals surface area contributed by atoms with Gasteiger partial charge in [0.25, 0.3) is 0 Å². The van der Waals surface area contributed by atoms with Crippen LogP contribution < -0.4 is 10.6 Å². The van der Waals surface area contributed by atoms with E-state index in [0.29, 0.717) is 24.7 Å². The Morgan fingerprint density at radius 2 is 2.00 bits per heavy atom. The molecule has 2 saturated heterocycles. The van der Waals surface area contributed by atoms with E-state index in [1.165, 1.54) is 18.9 Å². The summed E-state index contributed by atoms with van der Waals surface area (Å²) in [5.74, 6) is -0.554. The molecule has 0 spiro atoms. The lowest BCUT2D eigenvalue weighted by Gasteiger charge is -2.35. The number of halogens is 1. The third kappa shape index (κ3) is 3.41. The van der Waals surface area contributed by atoms with E-state index in [1.54, 1.807) is 18.2 Å². The van der Waals surface area contributed by atoms with Crippen LogP contribution in [0.1, 0.15) is 25.7 Å². The quantitative estimate of drug-likeness (QED) is 0.891. The second kappa shape index (κ2) is 6.12. The number of nitrogens with one attached hydrogen (secondary N) is 2. The monoisotopic (exact) mass is 291 g/mol. The fourth-order valence-electron chi connectivity index (χ4n) is 3.50. The van der Waals surface area contributed by atoms with E-state index in [4.69, 9.17) is 0 Å². The van der Waals surface area contributed by atoms with Gasteiger partial charge in [0.2, 0.25) is 5.91 Å². The minimum Gasteiger partial charge on any atom is -0.322 e. The first-order valence-corrected chi connectivity index (χ1v) is 7.62. The molecule has 2 fully saturated rings. The molecule has 3 rings (SSSR count). The lowest BCUT2D eigenvalue weighted by atomic mass is 9.98. The van der Waals surface area contributed by atoms with Crippen LogP contribution >= 0.6 is 0 Å². The molecular formula is C16H22FN3O. The number of para-hydroxylation sites is 1. The number of nitrogens with zero attached hydrogens (tertiary/aromatic N) is 1. The predicted molar refractivity (Wildman–Crippen MR) is 80.6 cm³/mol. The van der Waals surface area contributed by atoms with Crippen LogP contribution in [0.25, 0.3) is 0 Å². The lowest BCUT2D eigenvalue weighted by Crippen LogP contribution is -2.48. The van der Waals surface area contributed by atoms with Crippen LogP contribution in [0.4, 0.5) is 10.1 Å². The van der Waals surface area contributed by atoms with E-state index in [9.17, 15) is 9.18 Å². The summed E-state index contributed by atoms with van der Waals surface area (Å²) in [6.07, 6.45) is 4.69. The molecule has 1 aromatic rings. The number of hydrogen-bond acceptors (Lipinski definition) is 3. The summed E-state index contributed by atoms with van der Waals surface area (Å²) in [5.41, 5.74) is 0.251. The number of benzene rings is 1. The molecule has 0 aromatic heterocycles. The zero-order valence-corrected chi connectivity index (χ0v) is 12.3. The highest BCUT2D eigenvalue weighted by Crippen LogP contribution is 2.29. The fourth-order valence-corrected chi connectivity index (χ4v) is 3.50. The average molecular weight is 291 g/mol. The van der Waals surface area contributed by atoms with Gasteiger partial charge in [-0.2, -0.15) is 0 Å². The number of likely N-dealkylation sites (N-methyl/N-ethyl adjacent to an activating group) is 1. The summed E-state index contributed by atoms with van der Waals surface area (Å²) in [5, 5.41) is 6.25. The molecule has 21 heavy (non-hydrogen) atoms. The molecule has 0 saturated carbocycles. The molecule has 1 amide bonds. The maximum Gasteiger partial charge on any atom is 0.238 e. The van der Waals surface area contributed by atoms with E-state index >= 15 is 0 Å². The number of anilines is 1. The Morgan fingerprint density at radius 3 is 2.67 bits per heavy atom. The maximum absolute atomic E-state index is 13.5. The van der Waals surface area contributed by atoms with Crippen LogP contribution in [0, 0.1) is 5.82 Å². The van der Waals surface area contributed by atoms with Crippen LogP contribution in [-0.4, -0.2) is 42.5 Å². The Kier molecular flexibility index (Phi) is 4.22. The van der Waals surface area contributed by atoms with Crippen molar-refractivity contribution >= 4 is 11.6 Å². The van der Waals surface area contributed by atoms with Gasteiger partial charge in [-0.3, -0.25) is 9.69 Å². The Bertz CT molecular complexity index is 510. The third-order valence-corrected chi connectivity index (χ3v) is 4.61. The molecule has 114 valence electrons. The first kappa shape index (κ1) is 14.5. The Hall–Kier alpha value is -1.46. The van der Waals surface area contributed by atoms with Gasteiger partial charge in [-0.1, -0.05) is 12.1 Å². The molecule has 0 aliphatic carbocycles. The summed E-state index contributed by atoms with van der Waals surface area (Å²) < 4.78 is 13.5. The molecule has 4 nitrogen and oxygen atoms in total. The standard InChI is InChI=1S/C16H22FN3O/c1-20(13-8-11-6-7-12(9-13)18-11)10-16(21)19-15-5-3-2-4-14(15)17/h2-5,11-13,18H,6-10H2,1H3,(H,19,21). The number of carbonyl (C=O) groups is 1. The van der Waals surface area contributed by atoms with Gasteiger partial charge >= 0.3 is 0 Å². The summed E-state index contributed by atoms with van der Waals surface area (Å²) in [4.78, 5) is 14.2. The van der Waals surface area contributed by atoms with Crippen molar-refractivity contribution in [1.82, 2.24) is 10.2 Å². The number of hydrogen-bond donors (Lipinski definition) is 2. The van der Waals surface area contributed by atoms with Crippen molar-refractivity contribution in [3.8, 4) is 0 Å². The molecule has 5 heteroatoms. The molecule has 2 unspecified atom stereocenters. The molecule has 0 radical (unpaired) electrons. The van der Waals surface area contributed by atoms with Gasteiger partial charge in [0.1, 0.15) is 5.82 Å². The van der Waals surface area contributed by atoms with Crippen LogP contribution in [0.15, 0.2) is 24.3 Å². The first-order chi connectivity index (χ1) is 10.1. The highest BCUT2D eigenvalue weighted by atomic mass is 19.1. The van der Waals surface area contributed by atoms with Gasteiger partial charge in [-0.15, -0.1) is 0 Å². The van der Waals surface area contributed by atoms with Gasteiger partial charge in [0.15, 0.2) is 0 Å². The van der Waals surface area contributed by atoms with Gasteiger partial charge in [0, 0.05) is 18.1 Å². The van der Waals surface area contributed by atoms with Crippen molar-refractivity contribution in [2.45, 2.75) is 43.8 Å². The van der Waals surface area contributed by atoms with Crippen molar-refractivity contribution in [3.63, 3.8) is 0 Å². The van der Waals surface area contributed by atoms with E-state index < -0.39 is 5.82 Å². The molecule has 2 heterocycles. The number of carbonyl (C=O) groups excluding carboxylic acids is 1. The molecule has 2 aliphatic rings. The lowest BCUT2D eigenvalue weighted by molar-refractivity contribution is -0.117. The van der Waals surface area contributed by atoms with E-state index in [2.05, 4.69) is 15.5 Å². The van der Waals surface area contributed by atoms with Crippen molar-refractivity contribution < 1.29 is 9.18 Å². The van der Waals surface area contributed by atoms with Crippen molar-refractivity contribution in [3.05, 3.63) is 30.1 Å². The van der Waals surface area contributed by atoms with E-state index in [0.717, 1.165) is 12.8 Å². The number of amides is 1. The van der Waals surface area contributed by atoms with Gasteiger partial charge in [0.05, 0.1) is 12.2 Å². The summed E-state index contributed by atoms with van der Waals surface area (Å²) in [7, 11) is 1.98.